The van der Waals surface area contributed by atoms with E-state index >= 15 is 0 Å². The molecule has 0 atom stereocenters. The van der Waals surface area contributed by atoms with Crippen LogP contribution in [0.4, 0.5) is 0 Å². The molecule has 0 N–H and O–H groups in total. The molecule has 15 rings (SSSR count). The Morgan fingerprint density at radius 3 is 1.09 bits per heavy atom. The molecule has 1 aliphatic rings. The predicted octanol–water partition coefficient (Wildman–Crippen LogP) is 21.6. The van der Waals surface area contributed by atoms with Crippen LogP contribution < -0.4 is 0 Å². The number of hydrogen-bond acceptors (Lipinski definition) is 2. The molecule has 0 radical (unpaired) electrons. The van der Waals surface area contributed by atoms with Gasteiger partial charge in [-0.2, -0.15) is 0 Å². The van der Waals surface area contributed by atoms with Crippen molar-refractivity contribution in [1.29, 1.82) is 0 Å². The molecule has 12 aromatic carbocycles. The Kier molecular flexibility index (Phi) is 10.2. The zero-order chi connectivity index (χ0) is 48.7. The molecule has 0 amide bonds. The third-order valence-corrected chi connectivity index (χ3v) is 17.9. The van der Waals surface area contributed by atoms with Gasteiger partial charge in [0.1, 0.15) is 0 Å². The van der Waals surface area contributed by atoms with Crippen LogP contribution in [0.2, 0.25) is 0 Å². The fourth-order valence-corrected chi connectivity index (χ4v) is 14.1. The SMILES string of the molecule is C1=CC(c2ccc(-c3ccc(-c4ccc5cc(-c6c7ccccc7c(-c7ccc8c(-c9ccc%10ccccc%10c9)c9ccccc9c(-c9ccc%10ccccc%10c9)c8c7)c7ccccc67)ccc5c4)s3)s2)=CCC1. The van der Waals surface area contributed by atoms with E-state index in [1.807, 2.05) is 22.7 Å². The van der Waals surface area contributed by atoms with Crippen LogP contribution in [0.3, 0.4) is 0 Å². The van der Waals surface area contributed by atoms with E-state index in [-0.39, 0.29) is 0 Å². The summed E-state index contributed by atoms with van der Waals surface area (Å²) in [6, 6.07) is 89.1. The van der Waals surface area contributed by atoms with Crippen LogP contribution in [-0.2, 0) is 0 Å². The summed E-state index contributed by atoms with van der Waals surface area (Å²) in [5.41, 5.74) is 12.5. The maximum absolute atomic E-state index is 2.50. The van der Waals surface area contributed by atoms with Gasteiger partial charge in [-0.1, -0.05) is 200 Å². The zero-order valence-electron chi connectivity index (χ0n) is 40.5. The summed E-state index contributed by atoms with van der Waals surface area (Å²) in [5, 5.41) is 17.5. The minimum absolute atomic E-state index is 1.12. The lowest BCUT2D eigenvalue weighted by atomic mass is 9.82. The molecule has 0 nitrogen and oxygen atoms in total. The van der Waals surface area contributed by atoms with Gasteiger partial charge in [-0.05, 0) is 198 Å². The summed E-state index contributed by atoms with van der Waals surface area (Å²) in [6.07, 6.45) is 9.20. The first-order valence-electron chi connectivity index (χ1n) is 25.7. The van der Waals surface area contributed by atoms with E-state index in [0.717, 1.165) is 12.8 Å². The van der Waals surface area contributed by atoms with Crippen molar-refractivity contribution in [3.05, 3.63) is 260 Å². The second-order valence-electron chi connectivity index (χ2n) is 19.8. The lowest BCUT2D eigenvalue weighted by molar-refractivity contribution is 1.04. The highest BCUT2D eigenvalue weighted by Gasteiger charge is 2.22. The fraction of sp³-hybridized carbons (Fsp3) is 0.0278. The largest absolute Gasteiger partial charge is 0.134 e. The van der Waals surface area contributed by atoms with Crippen LogP contribution in [0.5, 0.6) is 0 Å². The highest BCUT2D eigenvalue weighted by molar-refractivity contribution is 7.24. The standard InChI is InChI=1S/C72H46S2/c1-2-16-47(17-3-1)65-36-38-67(73-65)68-39-37-66(74-68)52-30-28-51-43-54(33-29-50(51)40-52)69-57-20-8-10-22-59(57)71(60-23-11-9-21-58(60)69)56-34-35-63-64(44-56)72(55-32-27-46-15-5-7-19-49(46)42-55)62-25-13-12-24-61(62)70(63)53-31-26-45-14-4-6-18-48(45)41-53/h2,4-44H,1,3H2. The van der Waals surface area contributed by atoms with Gasteiger partial charge in [-0.25, -0.2) is 0 Å². The number of rotatable bonds is 7. The van der Waals surface area contributed by atoms with E-state index < -0.39 is 0 Å². The van der Waals surface area contributed by atoms with Crippen molar-refractivity contribution >= 4 is 104 Å². The topological polar surface area (TPSA) is 0 Å². The lowest BCUT2D eigenvalue weighted by Gasteiger charge is -2.21. The van der Waals surface area contributed by atoms with Crippen molar-refractivity contribution in [2.45, 2.75) is 12.8 Å². The molecule has 346 valence electrons. The van der Waals surface area contributed by atoms with Gasteiger partial charge in [-0.15, -0.1) is 22.7 Å². The summed E-state index contributed by atoms with van der Waals surface area (Å²) in [7, 11) is 0. The third-order valence-electron chi connectivity index (χ3n) is 15.5. The number of fused-ring (bicyclic) bond motifs is 7. The van der Waals surface area contributed by atoms with Gasteiger partial charge in [0.15, 0.2) is 0 Å². The molecule has 0 spiro atoms. The van der Waals surface area contributed by atoms with Crippen LogP contribution in [0, 0.1) is 0 Å². The van der Waals surface area contributed by atoms with E-state index in [2.05, 4.69) is 255 Å². The maximum Gasteiger partial charge on any atom is 0.0449 e. The molecule has 2 heteroatoms. The molecule has 0 aliphatic heterocycles. The van der Waals surface area contributed by atoms with E-state index in [1.165, 1.54) is 151 Å². The smallest absolute Gasteiger partial charge is 0.0449 e. The molecular weight excluding hydrogens is 929 g/mol. The summed E-state index contributed by atoms with van der Waals surface area (Å²) in [5.74, 6) is 0. The summed E-state index contributed by atoms with van der Waals surface area (Å²) in [4.78, 5) is 5.30. The molecule has 0 saturated carbocycles. The number of hydrogen-bond donors (Lipinski definition) is 0. The molecule has 0 unspecified atom stereocenters. The molecule has 0 bridgehead atoms. The first kappa shape index (κ1) is 43.0. The Labute approximate surface area is 438 Å². The minimum atomic E-state index is 1.12. The van der Waals surface area contributed by atoms with E-state index in [1.54, 1.807) is 0 Å². The highest BCUT2D eigenvalue weighted by Crippen LogP contribution is 2.49. The highest BCUT2D eigenvalue weighted by atomic mass is 32.1. The normalized spacial score (nSPS) is 12.8. The molecular formula is C72H46S2. The lowest BCUT2D eigenvalue weighted by Crippen LogP contribution is -1.94. The molecule has 14 aromatic rings. The van der Waals surface area contributed by atoms with Gasteiger partial charge in [-0.3, -0.25) is 0 Å². The number of thiophene rings is 2. The maximum atomic E-state index is 2.50. The molecule has 2 aromatic heterocycles. The van der Waals surface area contributed by atoms with E-state index in [0.29, 0.717) is 0 Å². The molecule has 0 fully saturated rings. The summed E-state index contributed by atoms with van der Waals surface area (Å²) >= 11 is 3.78. The van der Waals surface area contributed by atoms with Gasteiger partial charge in [0, 0.05) is 19.5 Å². The minimum Gasteiger partial charge on any atom is -0.134 e. The summed E-state index contributed by atoms with van der Waals surface area (Å²) in [6.45, 7) is 0. The van der Waals surface area contributed by atoms with Crippen molar-refractivity contribution in [2.75, 3.05) is 0 Å². The first-order chi connectivity index (χ1) is 36.7. The fourth-order valence-electron chi connectivity index (χ4n) is 12.0. The number of allylic oxidation sites excluding steroid dienone is 4. The van der Waals surface area contributed by atoms with E-state index in [9.17, 15) is 0 Å². The zero-order valence-corrected chi connectivity index (χ0v) is 42.1. The average molecular weight is 975 g/mol. The van der Waals surface area contributed by atoms with Crippen LogP contribution >= 0.6 is 22.7 Å². The average Bonchev–Trinajstić information content (AvgIpc) is 4.20. The Bertz CT molecular complexity index is 4610. The van der Waals surface area contributed by atoms with Crippen molar-refractivity contribution in [1.82, 2.24) is 0 Å². The Balaban J connectivity index is 0.887. The molecule has 0 saturated heterocycles. The van der Waals surface area contributed by atoms with Crippen LogP contribution in [0.25, 0.3) is 146 Å². The Morgan fingerprint density at radius 1 is 0.243 bits per heavy atom. The third kappa shape index (κ3) is 7.17. The molecule has 1 aliphatic carbocycles. The Morgan fingerprint density at radius 2 is 0.595 bits per heavy atom. The van der Waals surface area contributed by atoms with Gasteiger partial charge >= 0.3 is 0 Å². The van der Waals surface area contributed by atoms with Crippen LogP contribution in [-0.4, -0.2) is 0 Å². The second kappa shape index (κ2) is 17.5. The van der Waals surface area contributed by atoms with Crippen LogP contribution in [0.15, 0.2) is 255 Å². The molecule has 2 heterocycles. The summed E-state index contributed by atoms with van der Waals surface area (Å²) < 4.78 is 0. The first-order valence-corrected chi connectivity index (χ1v) is 27.3. The van der Waals surface area contributed by atoms with Crippen molar-refractivity contribution < 1.29 is 0 Å². The predicted molar refractivity (Wildman–Crippen MR) is 324 cm³/mol. The second-order valence-corrected chi connectivity index (χ2v) is 21.9. The van der Waals surface area contributed by atoms with Gasteiger partial charge in [0.05, 0.1) is 0 Å². The molecule has 74 heavy (non-hydrogen) atoms. The quantitative estimate of drug-likeness (QED) is 0.140. The van der Waals surface area contributed by atoms with Gasteiger partial charge in [0.2, 0.25) is 0 Å². The van der Waals surface area contributed by atoms with Gasteiger partial charge < -0.3 is 0 Å². The number of benzene rings is 12. The van der Waals surface area contributed by atoms with Crippen LogP contribution in [0.1, 0.15) is 17.7 Å². The monoisotopic (exact) mass is 974 g/mol. The van der Waals surface area contributed by atoms with Gasteiger partial charge in [0.25, 0.3) is 0 Å². The van der Waals surface area contributed by atoms with Crippen molar-refractivity contribution in [2.24, 2.45) is 0 Å². The van der Waals surface area contributed by atoms with E-state index in [4.69, 9.17) is 0 Å². The Hall–Kier alpha value is -8.66. The van der Waals surface area contributed by atoms with Crippen molar-refractivity contribution in [3.8, 4) is 64.7 Å². The van der Waals surface area contributed by atoms with Crippen molar-refractivity contribution in [3.63, 3.8) is 0 Å².